The van der Waals surface area contributed by atoms with Crippen molar-refractivity contribution >= 4 is 62.9 Å². The predicted octanol–water partition coefficient (Wildman–Crippen LogP) is 5.77. The smallest absolute Gasteiger partial charge is 0.257 e. The van der Waals surface area contributed by atoms with E-state index >= 15 is 0 Å². The molecule has 2 aromatic rings. The van der Waals surface area contributed by atoms with E-state index in [0.717, 1.165) is 0 Å². The Morgan fingerprint density at radius 1 is 1.16 bits per heavy atom. The van der Waals surface area contributed by atoms with Gasteiger partial charge in [-0.3, -0.25) is 18.2 Å². The number of rotatable bonds is 3. The topological polar surface area (TPSA) is 72.8 Å². The van der Waals surface area contributed by atoms with Crippen LogP contribution in [0.4, 0.5) is 11.4 Å². The number of halogens is 3. The lowest BCUT2D eigenvalue weighted by molar-refractivity contribution is 0.102. The molecule has 1 heterocycles. The molecular weight excluding hydrogens is 407 g/mol. The number of anilines is 2. The molecule has 0 unspecified atom stereocenters. The van der Waals surface area contributed by atoms with Gasteiger partial charge in [0.2, 0.25) is 0 Å². The molecule has 0 saturated carbocycles. The van der Waals surface area contributed by atoms with E-state index in [4.69, 9.17) is 34.8 Å². The van der Waals surface area contributed by atoms with Gasteiger partial charge in [0.25, 0.3) is 5.91 Å². The molecule has 1 fully saturated rings. The maximum atomic E-state index is 12.6. The lowest BCUT2D eigenvalue weighted by Crippen LogP contribution is -2.22. The second kappa shape index (κ2) is 7.23. The van der Waals surface area contributed by atoms with Crippen molar-refractivity contribution in [1.82, 2.24) is 0 Å². The molecule has 3 N–H and O–H groups in total. The summed E-state index contributed by atoms with van der Waals surface area (Å²) < 4.78 is 21.7. The van der Waals surface area contributed by atoms with Crippen LogP contribution >= 0.6 is 45.6 Å². The second-order valence-electron chi connectivity index (χ2n) is 5.55. The van der Waals surface area contributed by atoms with E-state index in [1.165, 1.54) is 16.4 Å². The van der Waals surface area contributed by atoms with Crippen LogP contribution in [0, 0.1) is 0 Å². The maximum Gasteiger partial charge on any atom is 0.257 e. The molecule has 9 heteroatoms. The molecule has 2 aromatic carbocycles. The highest BCUT2D eigenvalue weighted by Gasteiger charge is 2.30. The zero-order chi connectivity index (χ0) is 18.2. The van der Waals surface area contributed by atoms with Gasteiger partial charge in [-0.15, -0.1) is 10.8 Å². The van der Waals surface area contributed by atoms with Crippen LogP contribution in [0.15, 0.2) is 36.4 Å². The van der Waals surface area contributed by atoms with E-state index in [-0.39, 0.29) is 21.4 Å². The highest BCUT2D eigenvalue weighted by Crippen LogP contribution is 2.51. The second-order valence-corrected chi connectivity index (χ2v) is 8.88. The van der Waals surface area contributed by atoms with Crippen molar-refractivity contribution in [3.05, 3.63) is 57.0 Å². The Hall–Kier alpha value is -1.15. The Balaban J connectivity index is 1.94. The molecule has 5 nitrogen and oxygen atoms in total. The predicted molar refractivity (Wildman–Crippen MR) is 106 cm³/mol. The molecule has 1 aliphatic heterocycles. The highest BCUT2D eigenvalue weighted by molar-refractivity contribution is 8.25. The summed E-state index contributed by atoms with van der Waals surface area (Å²) in [4.78, 5) is 12.6. The quantitative estimate of drug-likeness (QED) is 0.588. The molecule has 0 radical (unpaired) electrons. The zero-order valence-corrected chi connectivity index (χ0v) is 16.0. The molecule has 0 atom stereocenters. The Labute approximate surface area is 162 Å². The Bertz CT molecular complexity index is 832. The van der Waals surface area contributed by atoms with Gasteiger partial charge in [-0.05, 0) is 36.8 Å². The molecule has 0 aliphatic carbocycles. The van der Waals surface area contributed by atoms with E-state index in [9.17, 15) is 13.9 Å². The summed E-state index contributed by atoms with van der Waals surface area (Å²) >= 11 is 18.2. The van der Waals surface area contributed by atoms with Crippen molar-refractivity contribution in [2.75, 3.05) is 21.9 Å². The summed E-state index contributed by atoms with van der Waals surface area (Å²) in [5, 5.41) is 3.45. The fourth-order valence-corrected chi connectivity index (χ4v) is 4.80. The fraction of sp³-hybridized carbons (Fsp3) is 0.188. The first-order valence-corrected chi connectivity index (χ1v) is 10.2. The first-order chi connectivity index (χ1) is 11.8. The van der Waals surface area contributed by atoms with Crippen LogP contribution in [0.2, 0.25) is 15.1 Å². The van der Waals surface area contributed by atoms with Crippen LogP contribution in [-0.4, -0.2) is 27.3 Å². The summed E-state index contributed by atoms with van der Waals surface area (Å²) in [5.41, 5.74) is 1.11. The molecule has 1 saturated heterocycles. The van der Waals surface area contributed by atoms with Crippen molar-refractivity contribution in [1.29, 1.82) is 0 Å². The third-order valence-electron chi connectivity index (χ3n) is 3.76. The number of carbonyl (C=O) groups is 1. The fourth-order valence-electron chi connectivity index (χ4n) is 2.60. The minimum Gasteiger partial charge on any atom is -0.322 e. The first-order valence-electron chi connectivity index (χ1n) is 7.37. The molecule has 0 bridgehead atoms. The highest BCUT2D eigenvalue weighted by atomic mass is 35.5. The van der Waals surface area contributed by atoms with Crippen LogP contribution in [0.5, 0.6) is 0 Å². The van der Waals surface area contributed by atoms with Gasteiger partial charge in [-0.1, -0.05) is 40.9 Å². The molecule has 1 amide bonds. The molecule has 0 aromatic heterocycles. The lowest BCUT2D eigenvalue weighted by atomic mass is 10.1. The number of hydrogen-bond donors (Lipinski definition) is 3. The largest absolute Gasteiger partial charge is 0.322 e. The van der Waals surface area contributed by atoms with Gasteiger partial charge in [0, 0.05) is 17.3 Å². The van der Waals surface area contributed by atoms with Crippen LogP contribution in [0.3, 0.4) is 0 Å². The van der Waals surface area contributed by atoms with Gasteiger partial charge in [-0.25, -0.2) is 0 Å². The summed E-state index contributed by atoms with van der Waals surface area (Å²) in [6.45, 7) is 0.468. The number of nitrogens with zero attached hydrogens (tertiary/aromatic N) is 1. The van der Waals surface area contributed by atoms with Crippen molar-refractivity contribution in [2.45, 2.75) is 6.42 Å². The lowest BCUT2D eigenvalue weighted by Gasteiger charge is -2.38. The average molecular weight is 422 g/mol. The Morgan fingerprint density at radius 2 is 1.92 bits per heavy atom. The van der Waals surface area contributed by atoms with E-state index in [0.29, 0.717) is 29.4 Å². The van der Waals surface area contributed by atoms with Gasteiger partial charge in [0.1, 0.15) is 0 Å². The number of benzene rings is 2. The molecule has 3 rings (SSSR count). The Kier molecular flexibility index (Phi) is 5.39. The van der Waals surface area contributed by atoms with E-state index in [1.54, 1.807) is 24.3 Å². The van der Waals surface area contributed by atoms with E-state index in [2.05, 4.69) is 5.32 Å². The van der Waals surface area contributed by atoms with Gasteiger partial charge in [-0.2, -0.15) is 0 Å². The van der Waals surface area contributed by atoms with E-state index in [1.807, 2.05) is 0 Å². The zero-order valence-electron chi connectivity index (χ0n) is 12.9. The normalized spacial score (nSPS) is 17.4. The minimum absolute atomic E-state index is 0.0978. The molecule has 1 aliphatic rings. The third-order valence-corrected chi connectivity index (χ3v) is 6.73. The van der Waals surface area contributed by atoms with Gasteiger partial charge in [0.05, 0.1) is 27.0 Å². The van der Waals surface area contributed by atoms with Crippen LogP contribution in [0.25, 0.3) is 0 Å². The maximum absolute atomic E-state index is 12.6. The number of nitrogens with one attached hydrogen (secondary N) is 1. The number of amides is 1. The molecule has 0 spiro atoms. The monoisotopic (exact) mass is 420 g/mol. The molecular formula is C16H15Cl3N2O3S. The van der Waals surface area contributed by atoms with Gasteiger partial charge >= 0.3 is 0 Å². The number of carbonyl (C=O) groups excluding carboxylic acids is 1. The summed E-state index contributed by atoms with van der Waals surface area (Å²) in [6.07, 6.45) is 0.645. The molecule has 25 heavy (non-hydrogen) atoms. The van der Waals surface area contributed by atoms with Crippen LogP contribution < -0.4 is 9.62 Å². The van der Waals surface area contributed by atoms with Crippen molar-refractivity contribution in [2.24, 2.45) is 0 Å². The number of hydrogen-bond acceptors (Lipinski definition) is 4. The first kappa shape index (κ1) is 18.6. The summed E-state index contributed by atoms with van der Waals surface area (Å²) in [7, 11) is -2.89. The van der Waals surface area contributed by atoms with Gasteiger partial charge in [0.15, 0.2) is 0 Å². The van der Waals surface area contributed by atoms with E-state index < -0.39 is 16.7 Å². The van der Waals surface area contributed by atoms with Crippen molar-refractivity contribution in [3.8, 4) is 0 Å². The minimum atomic E-state index is -2.89. The summed E-state index contributed by atoms with van der Waals surface area (Å²) in [6, 6.07) is 9.74. The van der Waals surface area contributed by atoms with Gasteiger partial charge < -0.3 is 5.32 Å². The average Bonchev–Trinajstić information content (AvgIpc) is 2.89. The van der Waals surface area contributed by atoms with Crippen molar-refractivity contribution in [3.63, 3.8) is 0 Å². The standard InChI is InChI=1S/C16H15Cl3N2O3S/c17-10-3-1-4-11(7-10)20-16(22)13-8-12(9-14(18)15(13)19)21-5-2-6-25(21,23)24/h1,3-4,7-9,23-24H,2,5-6H2,(H,20,22). The Morgan fingerprint density at radius 3 is 2.56 bits per heavy atom. The SMILES string of the molecule is O=C(Nc1cccc(Cl)c1)c1cc(N2CCCS2(O)O)cc(Cl)c1Cl. The molecule has 134 valence electrons. The summed E-state index contributed by atoms with van der Waals surface area (Å²) in [5.74, 6) is -0.177. The van der Waals surface area contributed by atoms with Crippen LogP contribution in [-0.2, 0) is 0 Å². The van der Waals surface area contributed by atoms with Crippen LogP contribution in [0.1, 0.15) is 16.8 Å². The van der Waals surface area contributed by atoms with Crippen molar-refractivity contribution < 1.29 is 13.9 Å². The third kappa shape index (κ3) is 4.00.